The van der Waals surface area contributed by atoms with Crippen molar-refractivity contribution in [1.29, 1.82) is 0 Å². The van der Waals surface area contributed by atoms with E-state index in [1.807, 2.05) is 73.7 Å². The Morgan fingerprint density at radius 3 is 2.47 bits per heavy atom. The highest BCUT2D eigenvalue weighted by molar-refractivity contribution is 5.97. The quantitative estimate of drug-likeness (QED) is 0.293. The highest BCUT2D eigenvalue weighted by atomic mass is 16.4. The molecule has 4 aromatic rings. The lowest BCUT2D eigenvalue weighted by Crippen LogP contribution is -2.38. The van der Waals surface area contributed by atoms with Crippen LogP contribution >= 0.6 is 0 Å². The molecule has 0 saturated carbocycles. The van der Waals surface area contributed by atoms with E-state index in [9.17, 15) is 20.1 Å². The van der Waals surface area contributed by atoms with Crippen molar-refractivity contribution < 1.29 is 20.1 Å². The number of benzene rings is 3. The van der Waals surface area contributed by atoms with E-state index >= 15 is 0 Å². The summed E-state index contributed by atoms with van der Waals surface area (Å²) in [6, 6.07) is 23.3. The van der Waals surface area contributed by atoms with Crippen LogP contribution in [0.25, 0.3) is 22.2 Å². The van der Waals surface area contributed by atoms with Gasteiger partial charge in [0.1, 0.15) is 11.6 Å². The molecule has 1 heterocycles. The van der Waals surface area contributed by atoms with E-state index in [1.165, 1.54) is 12.1 Å². The van der Waals surface area contributed by atoms with Gasteiger partial charge in [-0.15, -0.1) is 5.11 Å². The summed E-state index contributed by atoms with van der Waals surface area (Å²) in [6.07, 6.45) is 2.85. The van der Waals surface area contributed by atoms with Gasteiger partial charge in [0, 0.05) is 11.1 Å². The minimum Gasteiger partial charge on any atom is -0.493 e. The van der Waals surface area contributed by atoms with Crippen LogP contribution < -0.4 is 0 Å². The summed E-state index contributed by atoms with van der Waals surface area (Å²) in [6.45, 7) is 3.74. The van der Waals surface area contributed by atoms with Gasteiger partial charge in [-0.3, -0.25) is 4.57 Å². The summed E-state index contributed by atoms with van der Waals surface area (Å²) < 4.78 is 1.55. The summed E-state index contributed by atoms with van der Waals surface area (Å²) >= 11 is 0. The molecule has 0 spiro atoms. The average Bonchev–Trinajstić information content (AvgIpc) is 3.16. The molecule has 2 unspecified atom stereocenters. The lowest BCUT2D eigenvalue weighted by molar-refractivity contribution is 0.0697. The molecule has 2 atom stereocenters. The molecule has 3 N–H and O–H groups in total. The fourth-order valence-electron chi connectivity index (χ4n) is 4.68. The lowest BCUT2D eigenvalue weighted by Gasteiger charge is -2.32. The minimum absolute atomic E-state index is 0.103. The van der Waals surface area contributed by atoms with E-state index in [0.717, 1.165) is 16.7 Å². The molecule has 180 valence electrons. The fourth-order valence-corrected chi connectivity index (χ4v) is 4.68. The molecule has 1 aromatic heterocycles. The molecular weight excluding hydrogens is 454 g/mol. The zero-order valence-electron chi connectivity index (χ0n) is 19.8. The number of azo groups is 1. The SMILES string of the molecule is CC1=CC(C)(N=Nc2c(O)n(-c3cccc(C(=O)O)c3)c3ccccc23)C(O)C(c2ccccc2)=C1. The van der Waals surface area contributed by atoms with Crippen LogP contribution in [0.1, 0.15) is 29.8 Å². The van der Waals surface area contributed by atoms with Crippen molar-refractivity contribution in [3.63, 3.8) is 0 Å². The molecular formula is C29H25N3O4. The molecule has 1 aliphatic rings. The summed E-state index contributed by atoms with van der Waals surface area (Å²) in [5.41, 5.74) is 3.00. The highest BCUT2D eigenvalue weighted by Crippen LogP contribution is 2.43. The summed E-state index contributed by atoms with van der Waals surface area (Å²) in [5, 5.41) is 41.6. The molecule has 0 bridgehead atoms. The Bertz CT molecular complexity index is 1570. The first-order valence-electron chi connectivity index (χ1n) is 11.5. The van der Waals surface area contributed by atoms with Crippen LogP contribution in [0.5, 0.6) is 5.88 Å². The summed E-state index contributed by atoms with van der Waals surface area (Å²) in [7, 11) is 0. The van der Waals surface area contributed by atoms with Gasteiger partial charge in [-0.05, 0) is 55.3 Å². The maximum absolute atomic E-state index is 11.5. The maximum atomic E-state index is 11.5. The lowest BCUT2D eigenvalue weighted by atomic mass is 9.80. The first-order chi connectivity index (χ1) is 17.3. The normalized spacial score (nSPS) is 19.9. The second-order valence-corrected chi connectivity index (χ2v) is 9.06. The van der Waals surface area contributed by atoms with E-state index in [1.54, 1.807) is 23.6 Å². The Balaban J connectivity index is 1.60. The first-order valence-corrected chi connectivity index (χ1v) is 11.5. The minimum atomic E-state index is -1.07. The number of aromatic hydroxyl groups is 1. The van der Waals surface area contributed by atoms with Gasteiger partial charge in [-0.2, -0.15) is 5.11 Å². The molecule has 3 aromatic carbocycles. The van der Waals surface area contributed by atoms with Gasteiger partial charge >= 0.3 is 5.97 Å². The standard InChI is InChI=1S/C29H25N3O4/c1-18-15-23(19-9-4-3-5-10-19)26(33)29(2,17-18)31-30-25-22-13-6-7-14-24(22)32(27(25)34)21-12-8-11-20(16-21)28(35)36/h3-17,26,33-34H,1-2H3,(H,35,36). The van der Waals surface area contributed by atoms with Crippen molar-refractivity contribution >= 4 is 28.1 Å². The predicted octanol–water partition coefficient (Wildman–Crippen LogP) is 6.28. The van der Waals surface area contributed by atoms with Crippen molar-refractivity contribution in [1.82, 2.24) is 4.57 Å². The fraction of sp³-hybridized carbons (Fsp3) is 0.138. The number of aromatic nitrogens is 1. The topological polar surface area (TPSA) is 107 Å². The monoisotopic (exact) mass is 479 g/mol. The predicted molar refractivity (Wildman–Crippen MR) is 139 cm³/mol. The van der Waals surface area contributed by atoms with Crippen LogP contribution in [-0.4, -0.2) is 37.5 Å². The summed E-state index contributed by atoms with van der Waals surface area (Å²) in [5.74, 6) is -1.23. The number of hydrogen-bond donors (Lipinski definition) is 3. The van der Waals surface area contributed by atoms with E-state index in [2.05, 4.69) is 10.2 Å². The number of hydrogen-bond acceptors (Lipinski definition) is 5. The number of nitrogens with zero attached hydrogens (tertiary/aromatic N) is 3. The Morgan fingerprint density at radius 1 is 1.00 bits per heavy atom. The van der Waals surface area contributed by atoms with Crippen LogP contribution in [0.4, 0.5) is 5.69 Å². The van der Waals surface area contributed by atoms with E-state index in [0.29, 0.717) is 16.6 Å². The van der Waals surface area contributed by atoms with Gasteiger partial charge in [0.2, 0.25) is 5.88 Å². The molecule has 0 fully saturated rings. The van der Waals surface area contributed by atoms with Gasteiger partial charge < -0.3 is 15.3 Å². The molecule has 1 aliphatic carbocycles. The van der Waals surface area contributed by atoms with Crippen LogP contribution in [-0.2, 0) is 0 Å². The molecule has 5 rings (SSSR count). The number of fused-ring (bicyclic) bond motifs is 1. The van der Waals surface area contributed by atoms with E-state index in [-0.39, 0.29) is 17.1 Å². The van der Waals surface area contributed by atoms with Gasteiger partial charge in [0.05, 0.1) is 11.1 Å². The number of carboxylic acid groups (broad SMARTS) is 1. The summed E-state index contributed by atoms with van der Waals surface area (Å²) in [4.78, 5) is 11.5. The Labute approximate surface area is 208 Å². The molecule has 7 heteroatoms. The van der Waals surface area contributed by atoms with Crippen molar-refractivity contribution in [3.8, 4) is 11.6 Å². The number of aliphatic hydroxyl groups is 1. The third-order valence-electron chi connectivity index (χ3n) is 6.40. The number of carbonyl (C=O) groups is 1. The van der Waals surface area contributed by atoms with Crippen molar-refractivity contribution in [2.75, 3.05) is 0 Å². The number of aromatic carboxylic acids is 1. The number of rotatable bonds is 5. The Kier molecular flexibility index (Phi) is 5.78. The van der Waals surface area contributed by atoms with Crippen LogP contribution in [0.15, 0.2) is 107 Å². The van der Waals surface area contributed by atoms with Crippen LogP contribution in [0.2, 0.25) is 0 Å². The van der Waals surface area contributed by atoms with Crippen molar-refractivity contribution in [3.05, 3.63) is 108 Å². The zero-order valence-corrected chi connectivity index (χ0v) is 19.8. The number of allylic oxidation sites excluding steroid dienone is 2. The van der Waals surface area contributed by atoms with Gasteiger partial charge in [0.15, 0.2) is 5.69 Å². The van der Waals surface area contributed by atoms with Gasteiger partial charge in [0.25, 0.3) is 0 Å². The average molecular weight is 480 g/mol. The van der Waals surface area contributed by atoms with Crippen molar-refractivity contribution in [2.45, 2.75) is 25.5 Å². The van der Waals surface area contributed by atoms with E-state index in [4.69, 9.17) is 0 Å². The van der Waals surface area contributed by atoms with Gasteiger partial charge in [-0.25, -0.2) is 4.79 Å². The molecule has 0 aliphatic heterocycles. The largest absolute Gasteiger partial charge is 0.493 e. The molecule has 7 nitrogen and oxygen atoms in total. The number of para-hydroxylation sites is 1. The second-order valence-electron chi connectivity index (χ2n) is 9.06. The van der Waals surface area contributed by atoms with Crippen LogP contribution in [0.3, 0.4) is 0 Å². The molecule has 0 radical (unpaired) electrons. The smallest absolute Gasteiger partial charge is 0.335 e. The third-order valence-corrected chi connectivity index (χ3v) is 6.40. The van der Waals surface area contributed by atoms with E-state index < -0.39 is 17.6 Å². The number of carboxylic acids is 1. The Hall–Kier alpha value is -4.49. The zero-order chi connectivity index (χ0) is 25.4. The van der Waals surface area contributed by atoms with Gasteiger partial charge in [-0.1, -0.05) is 66.2 Å². The van der Waals surface area contributed by atoms with Crippen LogP contribution in [0, 0.1) is 0 Å². The highest BCUT2D eigenvalue weighted by Gasteiger charge is 2.37. The first kappa shape index (κ1) is 23.3. The molecule has 36 heavy (non-hydrogen) atoms. The molecule has 0 amide bonds. The van der Waals surface area contributed by atoms with Crippen molar-refractivity contribution in [2.24, 2.45) is 10.2 Å². The maximum Gasteiger partial charge on any atom is 0.335 e. The Morgan fingerprint density at radius 2 is 1.72 bits per heavy atom. The number of aliphatic hydroxyl groups excluding tert-OH is 1. The second kappa shape index (κ2) is 8.94. The third kappa shape index (κ3) is 3.99. The molecule has 0 saturated heterocycles.